The first-order chi connectivity index (χ1) is 10.8. The Hall–Kier alpha value is -1.40. The number of rotatable bonds is 4. The first-order valence-corrected chi connectivity index (χ1v) is 9.46. The van der Waals surface area contributed by atoms with Gasteiger partial charge in [0, 0.05) is 13.1 Å². The molecule has 0 bridgehead atoms. The van der Waals surface area contributed by atoms with E-state index in [1.165, 1.54) is 4.31 Å². The molecule has 0 spiro atoms. The Morgan fingerprint density at radius 3 is 2.52 bits per heavy atom. The first-order valence-electron chi connectivity index (χ1n) is 8.02. The van der Waals surface area contributed by atoms with E-state index in [1.54, 1.807) is 13.0 Å². The summed E-state index contributed by atoms with van der Waals surface area (Å²) in [4.78, 5) is 12.3. The molecule has 0 saturated carbocycles. The Balaban J connectivity index is 2.29. The van der Waals surface area contributed by atoms with E-state index in [2.05, 4.69) is 0 Å². The lowest BCUT2D eigenvalue weighted by Crippen LogP contribution is -2.43. The predicted molar refractivity (Wildman–Crippen MR) is 88.8 cm³/mol. The van der Waals surface area contributed by atoms with Crippen LogP contribution in [0.1, 0.15) is 36.5 Å². The number of benzene rings is 1. The van der Waals surface area contributed by atoms with Crippen molar-refractivity contribution in [2.45, 2.75) is 45.4 Å². The fourth-order valence-electron chi connectivity index (χ4n) is 2.96. The molecular weight excluding hydrogens is 314 g/mol. The van der Waals surface area contributed by atoms with Gasteiger partial charge in [-0.25, -0.2) is 8.42 Å². The number of piperidine rings is 1. The van der Waals surface area contributed by atoms with Gasteiger partial charge in [0.2, 0.25) is 10.0 Å². The summed E-state index contributed by atoms with van der Waals surface area (Å²) in [6, 6.07) is 3.63. The number of aryl methyl sites for hydroxylation is 3. The normalized spacial score (nSPS) is 19.6. The fourth-order valence-corrected chi connectivity index (χ4v) is 4.78. The van der Waals surface area contributed by atoms with Crippen molar-refractivity contribution in [1.29, 1.82) is 0 Å². The van der Waals surface area contributed by atoms with Crippen molar-refractivity contribution >= 4 is 16.0 Å². The van der Waals surface area contributed by atoms with Crippen LogP contribution < -0.4 is 0 Å². The maximum Gasteiger partial charge on any atom is 0.310 e. The summed E-state index contributed by atoms with van der Waals surface area (Å²) < 4.78 is 32.4. The molecule has 1 heterocycles. The molecule has 0 radical (unpaired) electrons. The molecule has 1 atom stereocenters. The number of nitrogens with zero attached hydrogens (tertiary/aromatic N) is 1. The second kappa shape index (κ2) is 7.01. The predicted octanol–water partition coefficient (Wildman–Crippen LogP) is 2.58. The fraction of sp³-hybridized carbons (Fsp3) is 0.588. The zero-order chi connectivity index (χ0) is 17.2. The van der Waals surface area contributed by atoms with Crippen molar-refractivity contribution < 1.29 is 17.9 Å². The molecule has 1 unspecified atom stereocenters. The summed E-state index contributed by atoms with van der Waals surface area (Å²) in [5, 5.41) is 0. The van der Waals surface area contributed by atoms with Crippen molar-refractivity contribution in [3.63, 3.8) is 0 Å². The van der Waals surface area contributed by atoms with E-state index in [0.717, 1.165) is 16.7 Å². The molecule has 0 aromatic heterocycles. The highest BCUT2D eigenvalue weighted by Crippen LogP contribution is 2.27. The summed E-state index contributed by atoms with van der Waals surface area (Å²) in [5.74, 6) is -0.672. The molecular formula is C17H25NO4S. The minimum Gasteiger partial charge on any atom is -0.466 e. The quantitative estimate of drug-likeness (QED) is 0.791. The van der Waals surface area contributed by atoms with Crippen molar-refractivity contribution in [3.05, 3.63) is 28.8 Å². The zero-order valence-electron chi connectivity index (χ0n) is 14.3. The molecule has 0 aliphatic carbocycles. The highest BCUT2D eigenvalue weighted by atomic mass is 32.2. The van der Waals surface area contributed by atoms with Gasteiger partial charge >= 0.3 is 5.97 Å². The third kappa shape index (κ3) is 3.75. The number of esters is 1. The van der Waals surface area contributed by atoms with Crippen LogP contribution in [0, 0.1) is 26.7 Å². The Morgan fingerprint density at radius 2 is 1.87 bits per heavy atom. The third-order valence-electron chi connectivity index (χ3n) is 4.41. The summed E-state index contributed by atoms with van der Waals surface area (Å²) >= 11 is 0. The largest absolute Gasteiger partial charge is 0.466 e. The van der Waals surface area contributed by atoms with Gasteiger partial charge in [-0.2, -0.15) is 4.31 Å². The van der Waals surface area contributed by atoms with Gasteiger partial charge in [-0.15, -0.1) is 0 Å². The van der Waals surface area contributed by atoms with E-state index < -0.39 is 10.0 Å². The lowest BCUT2D eigenvalue weighted by molar-refractivity contribution is -0.149. The molecule has 1 aromatic carbocycles. The summed E-state index contributed by atoms with van der Waals surface area (Å²) in [7, 11) is -3.59. The van der Waals surface area contributed by atoms with Crippen LogP contribution in [0.5, 0.6) is 0 Å². The molecule has 1 aromatic rings. The average molecular weight is 339 g/mol. The van der Waals surface area contributed by atoms with Crippen molar-refractivity contribution in [2.24, 2.45) is 5.92 Å². The summed E-state index contributed by atoms with van der Waals surface area (Å²) in [6.45, 7) is 8.41. The monoisotopic (exact) mass is 339 g/mol. The molecule has 128 valence electrons. The number of sulfonamides is 1. The molecule has 5 nitrogen and oxygen atoms in total. The minimum absolute atomic E-state index is 0.202. The molecule has 1 aliphatic rings. The van der Waals surface area contributed by atoms with Crippen LogP contribution in [0.2, 0.25) is 0 Å². The van der Waals surface area contributed by atoms with E-state index in [9.17, 15) is 13.2 Å². The molecule has 1 aliphatic heterocycles. The average Bonchev–Trinajstić information content (AvgIpc) is 2.51. The maximum atomic E-state index is 13.0. The molecule has 6 heteroatoms. The standard InChI is InChI=1S/C17H25NO4S/c1-5-22-17(19)15-7-6-8-18(11-15)23(20,21)16-10-13(3)12(2)9-14(16)4/h9-10,15H,5-8,11H2,1-4H3. The van der Waals surface area contributed by atoms with Gasteiger partial charge in [0.15, 0.2) is 0 Å². The second-order valence-corrected chi connectivity index (χ2v) is 8.06. The van der Waals surface area contributed by atoms with Gasteiger partial charge in [0.05, 0.1) is 17.4 Å². The van der Waals surface area contributed by atoms with Gasteiger partial charge in [0.25, 0.3) is 0 Å². The van der Waals surface area contributed by atoms with Gasteiger partial charge in [-0.05, 0) is 63.3 Å². The summed E-state index contributed by atoms with van der Waals surface area (Å²) in [5.41, 5.74) is 2.77. The molecule has 1 fully saturated rings. The smallest absolute Gasteiger partial charge is 0.310 e. The Labute approximate surface area is 138 Å². The van der Waals surface area contributed by atoms with Gasteiger partial charge in [-0.3, -0.25) is 4.79 Å². The van der Waals surface area contributed by atoms with Gasteiger partial charge in [0.1, 0.15) is 0 Å². The zero-order valence-corrected chi connectivity index (χ0v) is 15.1. The Kier molecular flexibility index (Phi) is 5.47. The highest BCUT2D eigenvalue weighted by molar-refractivity contribution is 7.89. The SMILES string of the molecule is CCOC(=O)C1CCCN(S(=O)(=O)c2cc(C)c(C)cc2C)C1. The second-order valence-electron chi connectivity index (χ2n) is 6.16. The number of ether oxygens (including phenoxy) is 1. The lowest BCUT2D eigenvalue weighted by Gasteiger charge is -2.31. The maximum absolute atomic E-state index is 13.0. The number of carbonyl (C=O) groups is 1. The van der Waals surface area contributed by atoms with Crippen molar-refractivity contribution in [3.8, 4) is 0 Å². The topological polar surface area (TPSA) is 63.7 Å². The van der Waals surface area contributed by atoms with E-state index in [1.807, 2.05) is 26.8 Å². The van der Waals surface area contributed by atoms with Crippen LogP contribution in [-0.2, 0) is 19.6 Å². The van der Waals surface area contributed by atoms with Gasteiger partial charge in [-0.1, -0.05) is 6.07 Å². The van der Waals surface area contributed by atoms with E-state index in [4.69, 9.17) is 4.74 Å². The van der Waals surface area contributed by atoms with Crippen LogP contribution in [0.4, 0.5) is 0 Å². The van der Waals surface area contributed by atoms with Crippen LogP contribution in [-0.4, -0.2) is 38.4 Å². The minimum atomic E-state index is -3.59. The van der Waals surface area contributed by atoms with Gasteiger partial charge < -0.3 is 4.74 Å². The Morgan fingerprint density at radius 1 is 1.22 bits per heavy atom. The van der Waals surface area contributed by atoms with E-state index in [-0.39, 0.29) is 18.4 Å². The van der Waals surface area contributed by atoms with Crippen LogP contribution >= 0.6 is 0 Å². The Bertz CT molecular complexity index is 697. The molecule has 0 N–H and O–H groups in total. The van der Waals surface area contributed by atoms with E-state index >= 15 is 0 Å². The molecule has 23 heavy (non-hydrogen) atoms. The van der Waals surface area contributed by atoms with Crippen LogP contribution in [0.3, 0.4) is 0 Å². The molecule has 1 saturated heterocycles. The van der Waals surface area contributed by atoms with Crippen LogP contribution in [0.25, 0.3) is 0 Å². The third-order valence-corrected chi connectivity index (χ3v) is 6.42. The number of carbonyl (C=O) groups excluding carboxylic acids is 1. The van der Waals surface area contributed by atoms with Crippen LogP contribution in [0.15, 0.2) is 17.0 Å². The number of hydrogen-bond donors (Lipinski definition) is 0. The van der Waals surface area contributed by atoms with Crippen molar-refractivity contribution in [1.82, 2.24) is 4.31 Å². The van der Waals surface area contributed by atoms with E-state index in [0.29, 0.717) is 30.9 Å². The number of hydrogen-bond acceptors (Lipinski definition) is 4. The summed E-state index contributed by atoms with van der Waals surface area (Å²) in [6.07, 6.45) is 1.35. The lowest BCUT2D eigenvalue weighted by atomic mass is 10.0. The first kappa shape index (κ1) is 17.9. The molecule has 0 amide bonds. The highest BCUT2D eigenvalue weighted by Gasteiger charge is 2.34. The molecule has 2 rings (SSSR count). The van der Waals surface area contributed by atoms with Crippen molar-refractivity contribution in [2.75, 3.05) is 19.7 Å².